The summed E-state index contributed by atoms with van der Waals surface area (Å²) >= 11 is 0. The average Bonchev–Trinajstić information content (AvgIpc) is 2.55. The van der Waals surface area contributed by atoms with Crippen LogP contribution in [-0.4, -0.2) is 43.7 Å². The summed E-state index contributed by atoms with van der Waals surface area (Å²) in [5, 5.41) is 3.56. The zero-order valence-corrected chi connectivity index (χ0v) is 13.6. The third-order valence-corrected chi connectivity index (χ3v) is 5.14. The van der Waals surface area contributed by atoms with E-state index in [1.807, 2.05) is 0 Å². The zero-order valence-electron chi connectivity index (χ0n) is 13.6. The van der Waals surface area contributed by atoms with Crippen LogP contribution in [0, 0.1) is 12.3 Å². The summed E-state index contributed by atoms with van der Waals surface area (Å²) < 4.78 is 5.43. The van der Waals surface area contributed by atoms with Crippen molar-refractivity contribution in [2.24, 2.45) is 5.41 Å². The second kappa shape index (κ2) is 6.39. The van der Waals surface area contributed by atoms with Crippen molar-refractivity contribution in [1.29, 1.82) is 0 Å². The van der Waals surface area contributed by atoms with Gasteiger partial charge in [0.05, 0.1) is 11.5 Å². The van der Waals surface area contributed by atoms with E-state index in [4.69, 9.17) is 4.74 Å². The van der Waals surface area contributed by atoms with E-state index in [2.05, 4.69) is 48.3 Å². The molecule has 0 bridgehead atoms. The van der Waals surface area contributed by atoms with Crippen LogP contribution < -0.4 is 5.32 Å². The van der Waals surface area contributed by atoms with Crippen LogP contribution in [0.4, 0.5) is 0 Å². The maximum absolute atomic E-state index is 13.0. The number of benzene rings is 1. The summed E-state index contributed by atoms with van der Waals surface area (Å²) in [4.78, 5) is 15.0. The summed E-state index contributed by atoms with van der Waals surface area (Å²) in [6, 6.07) is 8.68. The predicted octanol–water partition coefficient (Wildman–Crippen LogP) is 2.28. The fraction of sp³-hybridized carbons (Fsp3) is 0.611. The quantitative estimate of drug-likeness (QED) is 0.911. The van der Waals surface area contributed by atoms with Crippen LogP contribution in [0.3, 0.4) is 0 Å². The fourth-order valence-corrected chi connectivity index (χ4v) is 3.54. The Labute approximate surface area is 132 Å². The summed E-state index contributed by atoms with van der Waals surface area (Å²) in [5.41, 5.74) is 2.34. The SMILES string of the molecule is Cc1ccccc1C1CN(C(=O)C2(C)CCOCC2)CCN1. The number of carbonyl (C=O) groups excluding carboxylic acids is 1. The number of rotatable bonds is 2. The molecule has 1 aromatic carbocycles. The van der Waals surface area contributed by atoms with Crippen molar-refractivity contribution in [3.63, 3.8) is 0 Å². The number of nitrogens with one attached hydrogen (secondary N) is 1. The standard InChI is InChI=1S/C18H26N2O2/c1-14-5-3-4-6-15(14)16-13-20(10-9-19-16)17(21)18(2)7-11-22-12-8-18/h3-6,16,19H,7-13H2,1-2H3. The third kappa shape index (κ3) is 3.03. The Kier molecular flexibility index (Phi) is 4.50. The Morgan fingerprint density at radius 2 is 2.05 bits per heavy atom. The predicted molar refractivity (Wildman–Crippen MR) is 86.7 cm³/mol. The molecule has 3 rings (SSSR count). The molecule has 1 N–H and O–H groups in total. The van der Waals surface area contributed by atoms with Gasteiger partial charge in [0, 0.05) is 32.8 Å². The number of aryl methyl sites for hydroxylation is 1. The van der Waals surface area contributed by atoms with Crippen LogP contribution >= 0.6 is 0 Å². The second-order valence-electron chi connectivity index (χ2n) is 6.79. The fourth-order valence-electron chi connectivity index (χ4n) is 3.54. The number of ether oxygens (including phenoxy) is 1. The van der Waals surface area contributed by atoms with Gasteiger partial charge in [0.2, 0.25) is 5.91 Å². The second-order valence-corrected chi connectivity index (χ2v) is 6.79. The van der Waals surface area contributed by atoms with Gasteiger partial charge in [-0.15, -0.1) is 0 Å². The van der Waals surface area contributed by atoms with Gasteiger partial charge in [0.15, 0.2) is 0 Å². The van der Waals surface area contributed by atoms with Crippen LogP contribution in [-0.2, 0) is 9.53 Å². The van der Waals surface area contributed by atoms with E-state index in [0.29, 0.717) is 19.1 Å². The van der Waals surface area contributed by atoms with Crippen molar-refractivity contribution < 1.29 is 9.53 Å². The van der Waals surface area contributed by atoms with Crippen molar-refractivity contribution >= 4 is 5.91 Å². The van der Waals surface area contributed by atoms with Crippen molar-refractivity contribution in [1.82, 2.24) is 10.2 Å². The largest absolute Gasteiger partial charge is 0.381 e. The van der Waals surface area contributed by atoms with E-state index < -0.39 is 0 Å². The Balaban J connectivity index is 1.73. The monoisotopic (exact) mass is 302 g/mol. The van der Waals surface area contributed by atoms with Gasteiger partial charge >= 0.3 is 0 Å². The number of nitrogens with zero attached hydrogens (tertiary/aromatic N) is 1. The lowest BCUT2D eigenvalue weighted by atomic mass is 9.80. The highest BCUT2D eigenvalue weighted by Crippen LogP contribution is 2.33. The molecule has 2 heterocycles. The molecule has 22 heavy (non-hydrogen) atoms. The lowest BCUT2D eigenvalue weighted by molar-refractivity contribution is -0.147. The van der Waals surface area contributed by atoms with Crippen molar-refractivity contribution in [2.75, 3.05) is 32.8 Å². The molecule has 1 aromatic rings. The Morgan fingerprint density at radius 1 is 1.32 bits per heavy atom. The first-order valence-electron chi connectivity index (χ1n) is 8.26. The number of carbonyl (C=O) groups is 1. The van der Waals surface area contributed by atoms with E-state index in [-0.39, 0.29) is 11.5 Å². The molecule has 0 aromatic heterocycles. The molecule has 120 valence electrons. The molecule has 0 radical (unpaired) electrons. The molecular weight excluding hydrogens is 276 g/mol. The smallest absolute Gasteiger partial charge is 0.228 e. The van der Waals surface area contributed by atoms with Crippen LogP contribution in [0.15, 0.2) is 24.3 Å². The van der Waals surface area contributed by atoms with E-state index >= 15 is 0 Å². The normalized spacial score (nSPS) is 25.0. The molecule has 2 aliphatic heterocycles. The summed E-state index contributed by atoms with van der Waals surface area (Å²) in [5.74, 6) is 0.302. The van der Waals surface area contributed by atoms with Crippen LogP contribution in [0.25, 0.3) is 0 Å². The van der Waals surface area contributed by atoms with Gasteiger partial charge in [0.25, 0.3) is 0 Å². The van der Waals surface area contributed by atoms with Crippen LogP contribution in [0.2, 0.25) is 0 Å². The van der Waals surface area contributed by atoms with Crippen molar-refractivity contribution in [3.05, 3.63) is 35.4 Å². The Bertz CT molecular complexity index is 538. The van der Waals surface area contributed by atoms with Gasteiger partial charge in [-0.05, 0) is 30.9 Å². The molecule has 1 amide bonds. The number of hydrogen-bond donors (Lipinski definition) is 1. The lowest BCUT2D eigenvalue weighted by Gasteiger charge is -2.41. The summed E-state index contributed by atoms with van der Waals surface area (Å²) in [6.07, 6.45) is 1.68. The molecule has 4 heteroatoms. The minimum Gasteiger partial charge on any atom is -0.381 e. The number of amides is 1. The molecule has 2 saturated heterocycles. The molecule has 0 spiro atoms. The number of hydrogen-bond acceptors (Lipinski definition) is 3. The molecule has 4 nitrogen and oxygen atoms in total. The molecule has 1 atom stereocenters. The maximum atomic E-state index is 13.0. The van der Waals surface area contributed by atoms with Crippen molar-refractivity contribution in [3.8, 4) is 0 Å². The Morgan fingerprint density at radius 3 is 2.77 bits per heavy atom. The first-order valence-corrected chi connectivity index (χ1v) is 8.26. The first-order chi connectivity index (χ1) is 10.6. The molecule has 0 saturated carbocycles. The van der Waals surface area contributed by atoms with Gasteiger partial charge in [-0.25, -0.2) is 0 Å². The summed E-state index contributed by atoms with van der Waals surface area (Å²) in [6.45, 7) is 8.07. The van der Waals surface area contributed by atoms with Gasteiger partial charge in [-0.2, -0.15) is 0 Å². The third-order valence-electron chi connectivity index (χ3n) is 5.14. The first kappa shape index (κ1) is 15.5. The highest BCUT2D eigenvalue weighted by Gasteiger charge is 2.39. The highest BCUT2D eigenvalue weighted by atomic mass is 16.5. The minimum atomic E-state index is -0.244. The molecule has 0 aliphatic carbocycles. The average molecular weight is 302 g/mol. The highest BCUT2D eigenvalue weighted by molar-refractivity contribution is 5.82. The Hall–Kier alpha value is -1.39. The maximum Gasteiger partial charge on any atom is 0.228 e. The van der Waals surface area contributed by atoms with Gasteiger partial charge < -0.3 is 15.0 Å². The van der Waals surface area contributed by atoms with Gasteiger partial charge in [-0.1, -0.05) is 31.2 Å². The molecular formula is C18H26N2O2. The molecule has 2 aliphatic rings. The molecule has 2 fully saturated rings. The zero-order chi connectivity index (χ0) is 15.6. The van der Waals surface area contributed by atoms with Crippen LogP contribution in [0.1, 0.15) is 36.9 Å². The molecule has 1 unspecified atom stereocenters. The lowest BCUT2D eigenvalue weighted by Crippen LogP contribution is -2.53. The topological polar surface area (TPSA) is 41.6 Å². The number of piperazine rings is 1. The van der Waals surface area contributed by atoms with E-state index in [9.17, 15) is 4.79 Å². The van der Waals surface area contributed by atoms with Gasteiger partial charge in [0.1, 0.15) is 0 Å². The minimum absolute atomic E-state index is 0.238. The summed E-state index contributed by atoms with van der Waals surface area (Å²) in [7, 11) is 0. The van der Waals surface area contributed by atoms with Crippen LogP contribution in [0.5, 0.6) is 0 Å². The van der Waals surface area contributed by atoms with Crippen molar-refractivity contribution in [2.45, 2.75) is 32.7 Å². The van der Waals surface area contributed by atoms with E-state index in [1.54, 1.807) is 0 Å². The van der Waals surface area contributed by atoms with E-state index in [0.717, 1.165) is 32.5 Å². The van der Waals surface area contributed by atoms with Gasteiger partial charge in [-0.3, -0.25) is 4.79 Å². The van der Waals surface area contributed by atoms with E-state index in [1.165, 1.54) is 11.1 Å².